The third-order valence-corrected chi connectivity index (χ3v) is 9.53. The van der Waals surface area contributed by atoms with Gasteiger partial charge in [-0.3, -0.25) is 0 Å². The summed E-state index contributed by atoms with van der Waals surface area (Å²) in [6.07, 6.45) is 2.87. The second-order valence-corrected chi connectivity index (χ2v) is 11.3. The SMILES string of the molecule is [2H]C([2H])([2H])N1[CH-]N(c2[c-]c(Oc3[c-]c4c(cc3)c3ccccc3n4-c3ccccn3)ccc2)[C@@H]2C1C1C[C@H]2C(C)C1C.[Pt]. The number of fused-ring (bicyclic) bond motifs is 8. The van der Waals surface area contributed by atoms with Crippen LogP contribution in [0, 0.1) is 42.5 Å². The van der Waals surface area contributed by atoms with E-state index >= 15 is 0 Å². The van der Waals surface area contributed by atoms with E-state index in [-0.39, 0.29) is 33.1 Å². The molecule has 2 aliphatic carbocycles. The summed E-state index contributed by atoms with van der Waals surface area (Å²) in [4.78, 5) is 8.38. The van der Waals surface area contributed by atoms with E-state index in [1.165, 1.54) is 0 Å². The molecule has 1 saturated heterocycles. The molecule has 40 heavy (non-hydrogen) atoms. The van der Waals surface area contributed by atoms with Crippen LogP contribution in [0.5, 0.6) is 11.5 Å². The fraction of sp³-hybridized carbons (Fsp3) is 0.294. The molecule has 1 aliphatic heterocycles. The van der Waals surface area contributed by atoms with Crippen molar-refractivity contribution in [2.24, 2.45) is 23.7 Å². The molecule has 8 rings (SSSR count). The summed E-state index contributed by atoms with van der Waals surface area (Å²) in [6.45, 7) is 4.23. The summed E-state index contributed by atoms with van der Waals surface area (Å²) in [6, 6.07) is 31.0. The van der Waals surface area contributed by atoms with Gasteiger partial charge in [0, 0.05) is 60.5 Å². The van der Waals surface area contributed by atoms with Crippen LogP contribution in [0.2, 0.25) is 0 Å². The fourth-order valence-electron chi connectivity index (χ4n) is 7.61. The Morgan fingerprint density at radius 3 is 2.50 bits per heavy atom. The first-order valence-electron chi connectivity index (χ1n) is 15.3. The molecular formula is C34H31N4OPt-3. The van der Waals surface area contributed by atoms with Gasteiger partial charge in [0.05, 0.1) is 0 Å². The number of likely N-dealkylation sites (N-methyl/N-ethyl adjacent to an activating group) is 1. The molecule has 0 amide bonds. The van der Waals surface area contributed by atoms with Gasteiger partial charge in [-0.2, -0.15) is 24.9 Å². The number of nitrogens with zero attached hydrogens (tertiary/aromatic N) is 4. The van der Waals surface area contributed by atoms with Crippen LogP contribution in [-0.4, -0.2) is 33.5 Å². The average molecular weight is 710 g/mol. The summed E-state index contributed by atoms with van der Waals surface area (Å²) < 4.78 is 33.3. The van der Waals surface area contributed by atoms with E-state index in [0.717, 1.165) is 39.7 Å². The average Bonchev–Trinajstić information content (AvgIpc) is 3.72. The summed E-state index contributed by atoms with van der Waals surface area (Å²) in [7, 11) is 0. The van der Waals surface area contributed by atoms with E-state index in [1.807, 2.05) is 61.3 Å². The quantitative estimate of drug-likeness (QED) is 0.187. The first-order valence-corrected chi connectivity index (χ1v) is 13.8. The first kappa shape index (κ1) is 22.5. The molecule has 6 atom stereocenters. The smallest absolute Gasteiger partial charge is 0.135 e. The van der Waals surface area contributed by atoms with Crippen LogP contribution >= 0.6 is 0 Å². The fourth-order valence-corrected chi connectivity index (χ4v) is 7.61. The van der Waals surface area contributed by atoms with E-state index in [1.54, 1.807) is 11.1 Å². The molecule has 5 nitrogen and oxygen atoms in total. The monoisotopic (exact) mass is 709 g/mol. The number of anilines is 1. The number of aromatic nitrogens is 2. The molecule has 0 radical (unpaired) electrons. The Morgan fingerprint density at radius 2 is 1.68 bits per heavy atom. The van der Waals surface area contributed by atoms with Crippen LogP contribution < -0.4 is 9.64 Å². The molecular weight excluding hydrogens is 675 g/mol. The molecule has 5 aromatic rings. The normalized spacial score (nSPS) is 28.8. The predicted molar refractivity (Wildman–Crippen MR) is 155 cm³/mol. The van der Waals surface area contributed by atoms with Crippen molar-refractivity contribution in [3.8, 4) is 17.3 Å². The molecule has 6 heteroatoms. The van der Waals surface area contributed by atoms with Crippen LogP contribution in [-0.2, 0) is 21.1 Å². The maximum Gasteiger partial charge on any atom is 0.135 e. The van der Waals surface area contributed by atoms with Crippen molar-refractivity contribution in [1.29, 1.82) is 0 Å². The standard InChI is InChI=1S/C34H31N4O.Pt/c1-21-22(2)29-19-28(21)33-34(29)37(20-36(33)3)23-9-8-10-24(17-23)39-25-14-15-27-26-11-4-5-12-30(26)38(31(27)18-25)32-13-6-7-16-35-32;/h4-16,20-22,28-29,33-34H,19H2,1-3H3;/q-3;/t21?,22?,28?,29-,33?,34-;/m0./s1/i3D3;. The van der Waals surface area contributed by atoms with Crippen molar-refractivity contribution < 1.29 is 29.9 Å². The molecule has 0 spiro atoms. The number of hydrogen-bond acceptors (Lipinski definition) is 4. The minimum Gasteiger partial charge on any atom is -0.525 e. The molecule has 206 valence electrons. The molecule has 4 unspecified atom stereocenters. The summed E-state index contributed by atoms with van der Waals surface area (Å²) in [5, 5.41) is 2.20. The van der Waals surface area contributed by atoms with Gasteiger partial charge in [0.15, 0.2) is 0 Å². The number of benzene rings is 3. The Kier molecular flexibility index (Phi) is 5.49. The van der Waals surface area contributed by atoms with Gasteiger partial charge in [0.25, 0.3) is 0 Å². The number of ether oxygens (including phenoxy) is 1. The van der Waals surface area contributed by atoms with Gasteiger partial charge >= 0.3 is 0 Å². The minimum atomic E-state index is -2.18. The van der Waals surface area contributed by atoms with Crippen LogP contribution in [0.3, 0.4) is 0 Å². The summed E-state index contributed by atoms with van der Waals surface area (Å²) in [5.74, 6) is 3.84. The maximum atomic E-state index is 8.26. The van der Waals surface area contributed by atoms with Crippen molar-refractivity contribution in [1.82, 2.24) is 14.5 Å². The number of para-hydroxylation sites is 1. The van der Waals surface area contributed by atoms with E-state index < -0.39 is 6.98 Å². The maximum absolute atomic E-state index is 8.26. The van der Waals surface area contributed by atoms with Gasteiger partial charge in [0.1, 0.15) is 5.82 Å². The van der Waals surface area contributed by atoms with Gasteiger partial charge in [-0.1, -0.05) is 43.6 Å². The zero-order valence-electron chi connectivity index (χ0n) is 25.3. The van der Waals surface area contributed by atoms with Gasteiger partial charge in [-0.15, -0.1) is 35.3 Å². The van der Waals surface area contributed by atoms with Crippen LogP contribution in [0.1, 0.15) is 24.4 Å². The zero-order valence-corrected chi connectivity index (χ0v) is 24.5. The predicted octanol–water partition coefficient (Wildman–Crippen LogP) is 7.10. The van der Waals surface area contributed by atoms with E-state index in [9.17, 15) is 0 Å². The van der Waals surface area contributed by atoms with Gasteiger partial charge in [-0.25, -0.2) is 4.98 Å². The molecule has 2 bridgehead atoms. The van der Waals surface area contributed by atoms with Gasteiger partial charge in [-0.05, 0) is 60.7 Å². The Bertz CT molecular complexity index is 1810. The van der Waals surface area contributed by atoms with E-state index in [4.69, 9.17) is 8.85 Å². The third-order valence-electron chi connectivity index (χ3n) is 9.53. The largest absolute Gasteiger partial charge is 0.525 e. The second kappa shape index (κ2) is 9.75. The van der Waals surface area contributed by atoms with Crippen LogP contribution in [0.25, 0.3) is 27.6 Å². The Labute approximate surface area is 254 Å². The third kappa shape index (κ3) is 3.78. The van der Waals surface area contributed by atoms with Crippen LogP contribution in [0.4, 0.5) is 5.69 Å². The molecule has 3 fully saturated rings. The molecule has 3 aromatic carbocycles. The topological polar surface area (TPSA) is 33.5 Å². The number of pyridine rings is 1. The summed E-state index contributed by atoms with van der Waals surface area (Å²) in [5.41, 5.74) is 2.77. The van der Waals surface area contributed by atoms with Crippen molar-refractivity contribution in [2.45, 2.75) is 32.4 Å². The van der Waals surface area contributed by atoms with Gasteiger partial charge < -0.3 is 19.1 Å². The van der Waals surface area contributed by atoms with Crippen molar-refractivity contribution in [3.63, 3.8) is 0 Å². The minimum absolute atomic E-state index is 0. The number of hydrogen-bond donors (Lipinski definition) is 0. The van der Waals surface area contributed by atoms with Crippen molar-refractivity contribution >= 4 is 27.5 Å². The van der Waals surface area contributed by atoms with E-state index in [2.05, 4.69) is 58.6 Å². The second-order valence-electron chi connectivity index (χ2n) is 11.3. The van der Waals surface area contributed by atoms with E-state index in [0.29, 0.717) is 35.2 Å². The number of rotatable bonds is 4. The Hall–Kier alpha value is -3.14. The molecule has 3 heterocycles. The van der Waals surface area contributed by atoms with Gasteiger partial charge in [0.2, 0.25) is 0 Å². The van der Waals surface area contributed by atoms with Crippen molar-refractivity contribution in [3.05, 3.63) is 97.8 Å². The summed E-state index contributed by atoms with van der Waals surface area (Å²) >= 11 is 0. The molecule has 0 N–H and O–H groups in total. The first-order chi connectivity index (χ1) is 20.3. The van der Waals surface area contributed by atoms with Crippen LogP contribution in [0.15, 0.2) is 79.0 Å². The molecule has 2 saturated carbocycles. The Balaban J connectivity index is 0.00000300. The van der Waals surface area contributed by atoms with Crippen molar-refractivity contribution in [2.75, 3.05) is 11.9 Å². The Morgan fingerprint density at radius 1 is 0.875 bits per heavy atom. The molecule has 2 aromatic heterocycles. The zero-order chi connectivity index (χ0) is 28.7. The molecule has 3 aliphatic rings.